The van der Waals surface area contributed by atoms with Crippen molar-refractivity contribution in [1.29, 1.82) is 0 Å². The van der Waals surface area contributed by atoms with Gasteiger partial charge in [0.05, 0.1) is 25.1 Å². The van der Waals surface area contributed by atoms with Crippen LogP contribution < -0.4 is 0 Å². The van der Waals surface area contributed by atoms with Crippen LogP contribution in [0.3, 0.4) is 0 Å². The summed E-state index contributed by atoms with van der Waals surface area (Å²) in [4.78, 5) is 0. The van der Waals surface area contributed by atoms with E-state index < -0.39 is 0 Å². The largest absolute Gasteiger partial charge is 0.253 e. The summed E-state index contributed by atoms with van der Waals surface area (Å²) in [7, 11) is 0. The zero-order valence-electron chi connectivity index (χ0n) is 8.69. The Hall–Kier alpha value is 0.980. The molecule has 0 aliphatic carbocycles. The number of rotatable bonds is 0. The normalized spacial score (nSPS) is 15.6. The molecular formula is C10H10Cl5NS. The van der Waals surface area contributed by atoms with Crippen LogP contribution in [-0.4, -0.2) is 17.4 Å². The Labute approximate surface area is 131 Å². The topological polar surface area (TPSA) is 3.24 Å². The molecule has 0 bridgehead atoms. The monoisotopic (exact) mass is 351 g/mol. The first-order valence-electron chi connectivity index (χ1n) is 4.85. The molecule has 0 N–H and O–H groups in total. The van der Waals surface area contributed by atoms with Gasteiger partial charge < -0.3 is 0 Å². The lowest BCUT2D eigenvalue weighted by molar-refractivity contribution is 0.595. The molecular weight excluding hydrogens is 343 g/mol. The summed E-state index contributed by atoms with van der Waals surface area (Å²) in [5, 5.41) is 1.23. The van der Waals surface area contributed by atoms with Gasteiger partial charge in [-0.25, -0.2) is 0 Å². The Morgan fingerprint density at radius 1 is 0.824 bits per heavy atom. The Bertz CT molecular complexity index is 367. The average Bonchev–Trinajstić information content (AvgIpc) is 2.76. The fraction of sp³-hybridized carbons (Fsp3) is 0.400. The van der Waals surface area contributed by atoms with Crippen molar-refractivity contribution in [3.8, 4) is 0 Å². The molecule has 1 aliphatic rings. The molecule has 1 nitrogen and oxygen atoms in total. The number of halogens is 5. The van der Waals surface area contributed by atoms with Crippen LogP contribution in [0.5, 0.6) is 0 Å². The molecule has 0 amide bonds. The summed E-state index contributed by atoms with van der Waals surface area (Å²) in [6.07, 6.45) is 2.67. The number of thiol groups is 1. The van der Waals surface area contributed by atoms with Crippen molar-refractivity contribution in [2.75, 3.05) is 13.1 Å². The number of nitrogens with zero attached hydrogens (tertiary/aromatic N) is 1. The lowest BCUT2D eigenvalue weighted by Gasteiger charge is -2.02. The summed E-state index contributed by atoms with van der Waals surface area (Å²) < 4.78 is 2.06. The molecule has 7 heteroatoms. The molecule has 0 aromatic heterocycles. The van der Waals surface area contributed by atoms with Gasteiger partial charge in [0, 0.05) is 13.1 Å². The third kappa shape index (κ3) is 4.87. The summed E-state index contributed by atoms with van der Waals surface area (Å²) in [6, 6.07) is 1.44. The van der Waals surface area contributed by atoms with Crippen molar-refractivity contribution in [2.24, 2.45) is 0 Å². The van der Waals surface area contributed by atoms with Gasteiger partial charge in [-0.1, -0.05) is 70.8 Å². The minimum atomic E-state index is 0.186. The van der Waals surface area contributed by atoms with Gasteiger partial charge in [-0.3, -0.25) is 4.31 Å². The van der Waals surface area contributed by atoms with Crippen LogP contribution >= 0.6 is 70.8 Å². The second kappa shape index (κ2) is 7.54. The highest BCUT2D eigenvalue weighted by Gasteiger charge is 2.10. The summed E-state index contributed by atoms with van der Waals surface area (Å²) in [5.74, 6) is 0. The zero-order chi connectivity index (χ0) is 13.0. The van der Waals surface area contributed by atoms with Gasteiger partial charge in [0.2, 0.25) is 0 Å². The van der Waals surface area contributed by atoms with Gasteiger partial charge >= 0.3 is 0 Å². The molecule has 0 radical (unpaired) electrons. The molecule has 0 atom stereocenters. The van der Waals surface area contributed by atoms with E-state index in [1.807, 2.05) is 0 Å². The molecule has 17 heavy (non-hydrogen) atoms. The fourth-order valence-corrected chi connectivity index (χ4v) is 2.64. The van der Waals surface area contributed by atoms with Crippen molar-refractivity contribution < 1.29 is 0 Å². The van der Waals surface area contributed by atoms with E-state index in [1.165, 1.54) is 32.0 Å². The van der Waals surface area contributed by atoms with Crippen LogP contribution in [0.2, 0.25) is 25.1 Å². The maximum absolute atomic E-state index is 5.66. The van der Waals surface area contributed by atoms with Gasteiger partial charge in [-0.15, -0.1) is 0 Å². The molecule has 0 unspecified atom stereocenters. The van der Waals surface area contributed by atoms with Crippen LogP contribution in [0.15, 0.2) is 6.07 Å². The third-order valence-corrected chi connectivity index (χ3v) is 4.69. The second-order valence-electron chi connectivity index (χ2n) is 3.44. The molecule has 1 aromatic carbocycles. The van der Waals surface area contributed by atoms with E-state index in [2.05, 4.69) is 17.1 Å². The standard InChI is InChI=1S/C6HCl5.C4H9NS/c7-2-1-3(8)5(10)6(11)4(2)9;6-5-3-1-2-4-5/h1H;6H,1-4H2. The van der Waals surface area contributed by atoms with Crippen molar-refractivity contribution in [3.63, 3.8) is 0 Å². The van der Waals surface area contributed by atoms with E-state index in [0.29, 0.717) is 10.0 Å². The number of hydrogen-bond acceptors (Lipinski definition) is 2. The predicted molar refractivity (Wildman–Crippen MR) is 81.3 cm³/mol. The van der Waals surface area contributed by atoms with Crippen LogP contribution in [0.1, 0.15) is 12.8 Å². The average molecular weight is 354 g/mol. The van der Waals surface area contributed by atoms with E-state index in [-0.39, 0.29) is 15.1 Å². The smallest absolute Gasteiger partial charge is 0.0808 e. The molecule has 1 aliphatic heterocycles. The summed E-state index contributed by atoms with van der Waals surface area (Å²) in [6.45, 7) is 2.37. The Kier molecular flexibility index (Phi) is 7.11. The van der Waals surface area contributed by atoms with Crippen molar-refractivity contribution >= 4 is 70.8 Å². The number of hydrogen-bond donors (Lipinski definition) is 1. The van der Waals surface area contributed by atoms with Crippen LogP contribution in [0, 0.1) is 0 Å². The predicted octanol–water partition coefficient (Wildman–Crippen LogP) is 5.88. The van der Waals surface area contributed by atoms with E-state index in [1.54, 1.807) is 0 Å². The zero-order valence-corrected chi connectivity index (χ0v) is 13.4. The van der Waals surface area contributed by atoms with Gasteiger partial charge in [0.15, 0.2) is 0 Å². The van der Waals surface area contributed by atoms with Gasteiger partial charge in [-0.05, 0) is 18.9 Å². The molecule has 0 spiro atoms. The molecule has 2 rings (SSSR count). The van der Waals surface area contributed by atoms with Crippen molar-refractivity contribution in [2.45, 2.75) is 12.8 Å². The molecule has 1 saturated heterocycles. The molecule has 1 fully saturated rings. The second-order valence-corrected chi connectivity index (χ2v) is 5.96. The van der Waals surface area contributed by atoms with Crippen LogP contribution in [0.25, 0.3) is 0 Å². The van der Waals surface area contributed by atoms with Gasteiger partial charge in [0.25, 0.3) is 0 Å². The Morgan fingerprint density at radius 3 is 1.53 bits per heavy atom. The quantitative estimate of drug-likeness (QED) is 0.346. The van der Waals surface area contributed by atoms with E-state index in [0.717, 1.165) is 0 Å². The van der Waals surface area contributed by atoms with Crippen LogP contribution in [0.4, 0.5) is 0 Å². The minimum absolute atomic E-state index is 0.186. The van der Waals surface area contributed by atoms with Crippen LogP contribution in [-0.2, 0) is 0 Å². The lowest BCUT2D eigenvalue weighted by atomic mass is 10.3. The first kappa shape index (κ1) is 16.0. The highest BCUT2D eigenvalue weighted by Crippen LogP contribution is 2.40. The maximum Gasteiger partial charge on any atom is 0.0808 e. The lowest BCUT2D eigenvalue weighted by Crippen LogP contribution is -2.02. The number of benzene rings is 1. The Balaban J connectivity index is 0.000000202. The molecule has 1 aromatic rings. The third-order valence-electron chi connectivity index (χ3n) is 2.14. The SMILES string of the molecule is Clc1cc(Cl)c(Cl)c(Cl)c1Cl.SN1CCCC1. The first-order valence-corrected chi connectivity index (χ1v) is 7.14. The molecule has 1 heterocycles. The highest BCUT2D eigenvalue weighted by atomic mass is 35.5. The van der Waals surface area contributed by atoms with Gasteiger partial charge in [0.1, 0.15) is 0 Å². The highest BCUT2D eigenvalue weighted by molar-refractivity contribution is 7.77. The van der Waals surface area contributed by atoms with Crippen molar-refractivity contribution in [3.05, 3.63) is 31.2 Å². The van der Waals surface area contributed by atoms with E-state index in [9.17, 15) is 0 Å². The first-order chi connectivity index (χ1) is 7.93. The summed E-state index contributed by atoms with van der Waals surface area (Å²) in [5.41, 5.74) is 0. The molecule has 0 saturated carbocycles. The van der Waals surface area contributed by atoms with Crippen molar-refractivity contribution in [1.82, 2.24) is 4.31 Å². The van der Waals surface area contributed by atoms with E-state index >= 15 is 0 Å². The minimum Gasteiger partial charge on any atom is -0.253 e. The maximum atomic E-state index is 5.66. The van der Waals surface area contributed by atoms with E-state index in [4.69, 9.17) is 58.0 Å². The Morgan fingerprint density at radius 2 is 1.24 bits per heavy atom. The molecule has 96 valence electrons. The summed E-state index contributed by atoms with van der Waals surface area (Å²) >= 11 is 32.3. The fourth-order valence-electron chi connectivity index (χ4n) is 1.24. The van der Waals surface area contributed by atoms with Gasteiger partial charge in [-0.2, -0.15) is 0 Å².